The summed E-state index contributed by atoms with van der Waals surface area (Å²) < 4.78 is 5.17. The van der Waals surface area contributed by atoms with Crippen LogP contribution in [0.25, 0.3) is 0 Å². The number of nitrogens with one attached hydrogen (secondary N) is 3. The van der Waals surface area contributed by atoms with E-state index < -0.39 is 11.8 Å². The molecular formula is C19H20Cl2N4O4. The van der Waals surface area contributed by atoms with Gasteiger partial charge in [-0.15, -0.1) is 0 Å². The summed E-state index contributed by atoms with van der Waals surface area (Å²) in [6.45, 7) is -0.190. The molecule has 0 atom stereocenters. The topological polar surface area (TPSA) is 99.8 Å². The number of hydrogen-bond donors (Lipinski definition) is 3. The van der Waals surface area contributed by atoms with Crippen LogP contribution in [-0.4, -0.2) is 49.9 Å². The number of likely N-dealkylation sites (N-methyl/N-ethyl adjacent to an activating group) is 1. The molecule has 0 fully saturated rings. The first kappa shape index (κ1) is 22.5. The number of halogens is 2. The van der Waals surface area contributed by atoms with Gasteiger partial charge in [0.1, 0.15) is 5.75 Å². The van der Waals surface area contributed by atoms with Gasteiger partial charge in [0.15, 0.2) is 0 Å². The van der Waals surface area contributed by atoms with E-state index in [1.165, 1.54) is 18.1 Å². The number of nitrogens with zero attached hydrogens (tertiary/aromatic N) is 1. The molecule has 0 heterocycles. The number of rotatable bonds is 7. The van der Waals surface area contributed by atoms with Crippen molar-refractivity contribution in [3.05, 3.63) is 58.1 Å². The van der Waals surface area contributed by atoms with E-state index in [1.54, 1.807) is 43.4 Å². The number of carbonyl (C=O) groups excluding carboxylic acids is 3. The van der Waals surface area contributed by atoms with Gasteiger partial charge in [0.25, 0.3) is 11.8 Å². The number of ether oxygens (including phenoxy) is 1. The van der Waals surface area contributed by atoms with E-state index in [-0.39, 0.29) is 29.6 Å². The van der Waals surface area contributed by atoms with Crippen LogP contribution in [0.5, 0.6) is 5.75 Å². The Morgan fingerprint density at radius 2 is 1.69 bits per heavy atom. The standard InChI is InChI=1S/C19H20Cl2N4O4/c1-25(10-17(26)22-15-9-12(20)7-8-16(15)29-2)11-18(27)23-24-19(28)13-5-3-4-6-14(13)21/h3-9H,10-11H2,1-2H3,(H,22,26)(H,23,27)(H,24,28). The summed E-state index contributed by atoms with van der Waals surface area (Å²) in [7, 11) is 3.07. The van der Waals surface area contributed by atoms with Crippen molar-refractivity contribution < 1.29 is 19.1 Å². The van der Waals surface area contributed by atoms with Crippen LogP contribution < -0.4 is 20.9 Å². The van der Waals surface area contributed by atoms with Crippen LogP contribution in [0.15, 0.2) is 42.5 Å². The van der Waals surface area contributed by atoms with Gasteiger partial charge in [-0.3, -0.25) is 30.1 Å². The van der Waals surface area contributed by atoms with Gasteiger partial charge < -0.3 is 10.1 Å². The van der Waals surface area contributed by atoms with Gasteiger partial charge in [-0.2, -0.15) is 0 Å². The highest BCUT2D eigenvalue weighted by molar-refractivity contribution is 6.33. The first-order valence-corrected chi connectivity index (χ1v) is 9.21. The van der Waals surface area contributed by atoms with Crippen molar-refractivity contribution in [1.82, 2.24) is 15.8 Å². The zero-order chi connectivity index (χ0) is 21.4. The van der Waals surface area contributed by atoms with Gasteiger partial charge in [-0.05, 0) is 37.4 Å². The average molecular weight is 439 g/mol. The molecule has 29 heavy (non-hydrogen) atoms. The minimum absolute atomic E-state index is 0.0679. The van der Waals surface area contributed by atoms with E-state index in [9.17, 15) is 14.4 Å². The zero-order valence-corrected chi connectivity index (χ0v) is 17.3. The number of anilines is 1. The lowest BCUT2D eigenvalue weighted by molar-refractivity contribution is -0.123. The molecule has 0 saturated heterocycles. The van der Waals surface area contributed by atoms with E-state index >= 15 is 0 Å². The zero-order valence-electron chi connectivity index (χ0n) is 15.8. The first-order valence-electron chi connectivity index (χ1n) is 8.45. The highest BCUT2D eigenvalue weighted by atomic mass is 35.5. The minimum atomic E-state index is -0.544. The maximum absolute atomic E-state index is 12.2. The number of hydrogen-bond acceptors (Lipinski definition) is 5. The molecule has 0 aliphatic rings. The molecule has 3 amide bonds. The van der Waals surface area contributed by atoms with Crippen molar-refractivity contribution in [2.45, 2.75) is 0 Å². The quantitative estimate of drug-likeness (QED) is 0.576. The van der Waals surface area contributed by atoms with Gasteiger partial charge in [-0.25, -0.2) is 0 Å². The second-order valence-electron chi connectivity index (χ2n) is 6.05. The van der Waals surface area contributed by atoms with Crippen molar-refractivity contribution >= 4 is 46.6 Å². The molecule has 0 bridgehead atoms. The Morgan fingerprint density at radius 1 is 1.00 bits per heavy atom. The van der Waals surface area contributed by atoms with E-state index in [1.807, 2.05) is 0 Å². The van der Waals surface area contributed by atoms with Gasteiger partial charge in [0.2, 0.25) is 5.91 Å². The number of methoxy groups -OCH3 is 1. The molecule has 0 aromatic heterocycles. The van der Waals surface area contributed by atoms with E-state index in [4.69, 9.17) is 27.9 Å². The molecule has 0 unspecified atom stereocenters. The third-order valence-corrected chi connectivity index (χ3v) is 4.26. The second kappa shape index (κ2) is 10.7. The molecule has 0 aliphatic heterocycles. The van der Waals surface area contributed by atoms with E-state index in [2.05, 4.69) is 16.2 Å². The highest BCUT2D eigenvalue weighted by Gasteiger charge is 2.15. The van der Waals surface area contributed by atoms with Crippen LogP contribution in [-0.2, 0) is 9.59 Å². The fourth-order valence-corrected chi connectivity index (χ4v) is 2.79. The maximum Gasteiger partial charge on any atom is 0.271 e. The molecule has 0 spiro atoms. The average Bonchev–Trinajstić information content (AvgIpc) is 2.66. The molecular weight excluding hydrogens is 419 g/mol. The SMILES string of the molecule is COc1ccc(Cl)cc1NC(=O)CN(C)CC(=O)NNC(=O)c1ccccc1Cl. The minimum Gasteiger partial charge on any atom is -0.495 e. The molecule has 0 radical (unpaired) electrons. The van der Waals surface area contributed by atoms with Crippen LogP contribution in [0.4, 0.5) is 5.69 Å². The summed E-state index contributed by atoms with van der Waals surface area (Å²) in [5, 5.41) is 3.39. The maximum atomic E-state index is 12.2. The Kier molecular flexibility index (Phi) is 8.26. The smallest absolute Gasteiger partial charge is 0.271 e. The van der Waals surface area contributed by atoms with Crippen LogP contribution in [0.1, 0.15) is 10.4 Å². The summed E-state index contributed by atoms with van der Waals surface area (Å²) in [6, 6.07) is 11.3. The van der Waals surface area contributed by atoms with Crippen molar-refractivity contribution in [3.63, 3.8) is 0 Å². The predicted octanol–water partition coefficient (Wildman–Crippen LogP) is 2.33. The molecule has 2 aromatic carbocycles. The van der Waals surface area contributed by atoms with Crippen LogP contribution in [0, 0.1) is 0 Å². The van der Waals surface area contributed by atoms with Crippen molar-refractivity contribution in [3.8, 4) is 5.75 Å². The van der Waals surface area contributed by atoms with Crippen molar-refractivity contribution in [2.75, 3.05) is 32.6 Å². The van der Waals surface area contributed by atoms with E-state index in [0.29, 0.717) is 16.5 Å². The largest absolute Gasteiger partial charge is 0.495 e. The molecule has 0 aliphatic carbocycles. The van der Waals surface area contributed by atoms with Gasteiger partial charge >= 0.3 is 0 Å². The summed E-state index contributed by atoms with van der Waals surface area (Å²) in [4.78, 5) is 37.7. The van der Waals surface area contributed by atoms with Gasteiger partial charge in [0, 0.05) is 5.02 Å². The number of benzene rings is 2. The molecule has 8 nitrogen and oxygen atoms in total. The van der Waals surface area contributed by atoms with Crippen LogP contribution >= 0.6 is 23.2 Å². The fraction of sp³-hybridized carbons (Fsp3) is 0.211. The molecule has 2 aromatic rings. The Balaban J connectivity index is 1.81. The molecule has 154 valence electrons. The monoisotopic (exact) mass is 438 g/mol. The lowest BCUT2D eigenvalue weighted by Gasteiger charge is -2.17. The highest BCUT2D eigenvalue weighted by Crippen LogP contribution is 2.27. The summed E-state index contributed by atoms with van der Waals surface area (Å²) in [5.41, 5.74) is 5.22. The lowest BCUT2D eigenvalue weighted by Crippen LogP contribution is -2.46. The fourth-order valence-electron chi connectivity index (χ4n) is 2.39. The molecule has 10 heteroatoms. The first-order chi connectivity index (χ1) is 13.8. The Labute approximate surface area is 178 Å². The Morgan fingerprint density at radius 3 is 2.38 bits per heavy atom. The summed E-state index contributed by atoms with van der Waals surface area (Å²) >= 11 is 11.9. The van der Waals surface area contributed by atoms with E-state index in [0.717, 1.165) is 0 Å². The number of carbonyl (C=O) groups is 3. The van der Waals surface area contributed by atoms with Crippen molar-refractivity contribution in [2.24, 2.45) is 0 Å². The third kappa shape index (κ3) is 6.94. The summed E-state index contributed by atoms with van der Waals surface area (Å²) in [6.07, 6.45) is 0. The van der Waals surface area contributed by atoms with Crippen LogP contribution in [0.3, 0.4) is 0 Å². The molecule has 3 N–H and O–H groups in total. The van der Waals surface area contributed by atoms with Gasteiger partial charge in [0.05, 0.1) is 36.5 Å². The molecule has 0 saturated carbocycles. The number of hydrazine groups is 1. The van der Waals surface area contributed by atoms with Crippen LogP contribution in [0.2, 0.25) is 10.0 Å². The number of amides is 3. The van der Waals surface area contributed by atoms with Crippen molar-refractivity contribution in [1.29, 1.82) is 0 Å². The summed E-state index contributed by atoms with van der Waals surface area (Å²) in [5.74, 6) is -0.940. The Hall–Kier alpha value is -2.81. The Bertz CT molecular complexity index is 908. The lowest BCUT2D eigenvalue weighted by atomic mass is 10.2. The predicted molar refractivity (Wildman–Crippen MR) is 111 cm³/mol. The third-order valence-electron chi connectivity index (χ3n) is 3.70. The second-order valence-corrected chi connectivity index (χ2v) is 6.89. The normalized spacial score (nSPS) is 10.4. The molecule has 2 rings (SSSR count). The van der Waals surface area contributed by atoms with Gasteiger partial charge in [-0.1, -0.05) is 35.3 Å².